The molecule has 0 saturated heterocycles. The van der Waals surface area contributed by atoms with E-state index < -0.39 is 10.0 Å². The van der Waals surface area contributed by atoms with Crippen molar-refractivity contribution in [3.63, 3.8) is 0 Å². The summed E-state index contributed by atoms with van der Waals surface area (Å²) in [6.45, 7) is 2.65. The lowest BCUT2D eigenvalue weighted by Gasteiger charge is -2.22. The van der Waals surface area contributed by atoms with Gasteiger partial charge < -0.3 is 5.32 Å². The fourth-order valence-corrected chi connectivity index (χ4v) is 4.53. The van der Waals surface area contributed by atoms with Gasteiger partial charge in [-0.25, -0.2) is 23.4 Å². The summed E-state index contributed by atoms with van der Waals surface area (Å²) in [6, 6.07) is 16.1. The smallest absolute Gasteiger partial charge is 0.265 e. The van der Waals surface area contributed by atoms with E-state index in [9.17, 15) is 8.42 Å². The molecule has 0 unspecified atom stereocenters. The Labute approximate surface area is 181 Å². The van der Waals surface area contributed by atoms with Gasteiger partial charge in [-0.1, -0.05) is 24.3 Å². The van der Waals surface area contributed by atoms with Crippen LogP contribution in [0.5, 0.6) is 0 Å². The van der Waals surface area contributed by atoms with E-state index in [1.54, 1.807) is 49.9 Å². The average molecular weight is 435 g/mol. The molecule has 0 atom stereocenters. The van der Waals surface area contributed by atoms with Crippen molar-refractivity contribution in [3.05, 3.63) is 91.3 Å². The minimum Gasteiger partial charge on any atom is -0.366 e. The molecule has 0 spiro atoms. The summed E-state index contributed by atoms with van der Waals surface area (Å²) in [5.74, 6) is 1.37. The van der Waals surface area contributed by atoms with Gasteiger partial charge in [0.25, 0.3) is 10.0 Å². The molecule has 31 heavy (non-hydrogen) atoms. The summed E-state index contributed by atoms with van der Waals surface area (Å²) < 4.78 is 29.3. The summed E-state index contributed by atoms with van der Waals surface area (Å²) >= 11 is 0. The quantitative estimate of drug-likeness (QED) is 0.456. The van der Waals surface area contributed by atoms with Gasteiger partial charge in [-0.2, -0.15) is 0 Å². The number of para-hydroxylation sites is 1. The molecule has 0 bridgehead atoms. The molecule has 0 radical (unpaired) electrons. The van der Waals surface area contributed by atoms with Gasteiger partial charge in [0.2, 0.25) is 0 Å². The molecule has 158 valence electrons. The van der Waals surface area contributed by atoms with Crippen molar-refractivity contribution in [2.24, 2.45) is 0 Å². The van der Waals surface area contributed by atoms with Gasteiger partial charge in [0.15, 0.2) is 0 Å². The van der Waals surface area contributed by atoms with Crippen molar-refractivity contribution in [2.75, 3.05) is 16.2 Å². The van der Waals surface area contributed by atoms with Crippen molar-refractivity contribution in [3.8, 4) is 5.82 Å². The molecule has 0 aliphatic rings. The first-order valence-corrected chi connectivity index (χ1v) is 11.2. The van der Waals surface area contributed by atoms with Crippen LogP contribution < -0.4 is 9.62 Å². The van der Waals surface area contributed by atoms with Gasteiger partial charge in [-0.05, 0) is 42.8 Å². The minimum atomic E-state index is -3.69. The first kappa shape index (κ1) is 20.5. The van der Waals surface area contributed by atoms with Crippen LogP contribution >= 0.6 is 0 Å². The van der Waals surface area contributed by atoms with Crippen LogP contribution in [0.1, 0.15) is 12.5 Å². The number of imidazole rings is 1. The third kappa shape index (κ3) is 4.56. The molecule has 0 saturated carbocycles. The SMILES string of the molecule is CCN(c1ccccc1)S(=O)(=O)c1ccc(NCc2ccc(-n3ccnc3)nc2)nc1. The Bertz CT molecular complexity index is 1210. The lowest BCUT2D eigenvalue weighted by atomic mass is 10.3. The lowest BCUT2D eigenvalue weighted by Crippen LogP contribution is -2.30. The first-order chi connectivity index (χ1) is 15.1. The molecule has 0 aliphatic heterocycles. The number of hydrogen-bond acceptors (Lipinski definition) is 6. The summed E-state index contributed by atoms with van der Waals surface area (Å²) in [4.78, 5) is 12.9. The van der Waals surface area contributed by atoms with Gasteiger partial charge in [-0.3, -0.25) is 8.87 Å². The molecule has 3 heterocycles. The highest BCUT2D eigenvalue weighted by molar-refractivity contribution is 7.92. The van der Waals surface area contributed by atoms with Crippen molar-refractivity contribution < 1.29 is 8.42 Å². The molecule has 1 N–H and O–H groups in total. The molecule has 0 fully saturated rings. The van der Waals surface area contributed by atoms with Crippen molar-refractivity contribution in [2.45, 2.75) is 18.4 Å². The third-order valence-corrected chi connectivity index (χ3v) is 6.59. The number of nitrogens with one attached hydrogen (secondary N) is 1. The largest absolute Gasteiger partial charge is 0.366 e. The van der Waals surface area contributed by atoms with E-state index in [4.69, 9.17) is 0 Å². The average Bonchev–Trinajstić information content (AvgIpc) is 3.34. The normalized spacial score (nSPS) is 11.3. The number of pyridine rings is 2. The second-order valence-corrected chi connectivity index (χ2v) is 8.59. The summed E-state index contributed by atoms with van der Waals surface area (Å²) in [6.07, 6.45) is 8.38. The van der Waals surface area contributed by atoms with Crippen LogP contribution in [0.4, 0.5) is 11.5 Å². The zero-order valence-corrected chi connectivity index (χ0v) is 17.8. The maximum atomic E-state index is 13.0. The molecule has 8 nitrogen and oxygen atoms in total. The summed E-state index contributed by atoms with van der Waals surface area (Å²) in [5, 5.41) is 3.19. The van der Waals surface area contributed by atoms with E-state index in [0.717, 1.165) is 11.4 Å². The number of hydrogen-bond donors (Lipinski definition) is 1. The van der Waals surface area contributed by atoms with E-state index in [2.05, 4.69) is 20.3 Å². The van der Waals surface area contributed by atoms with Crippen molar-refractivity contribution in [1.82, 2.24) is 19.5 Å². The number of rotatable bonds is 8. The Morgan fingerprint density at radius 2 is 1.84 bits per heavy atom. The summed E-state index contributed by atoms with van der Waals surface area (Å²) in [7, 11) is -3.69. The first-order valence-electron chi connectivity index (χ1n) is 9.79. The highest BCUT2D eigenvalue weighted by Crippen LogP contribution is 2.23. The highest BCUT2D eigenvalue weighted by Gasteiger charge is 2.23. The third-order valence-electron chi connectivity index (χ3n) is 4.71. The number of sulfonamides is 1. The Balaban J connectivity index is 1.43. The number of nitrogens with zero attached hydrogens (tertiary/aromatic N) is 5. The van der Waals surface area contributed by atoms with Crippen molar-refractivity contribution >= 4 is 21.5 Å². The van der Waals surface area contributed by atoms with Crippen LogP contribution in [0.3, 0.4) is 0 Å². The van der Waals surface area contributed by atoms with Gasteiger partial charge in [0, 0.05) is 37.9 Å². The minimum absolute atomic E-state index is 0.148. The van der Waals surface area contributed by atoms with Crippen LogP contribution in [0.2, 0.25) is 0 Å². The monoisotopic (exact) mass is 434 g/mol. The molecule has 0 aliphatic carbocycles. The molecular formula is C22H22N6O2S. The standard InChI is InChI=1S/C22H22N6O2S/c1-2-28(19-6-4-3-5-7-19)31(29,30)20-9-10-21(25-16-20)24-14-18-8-11-22(26-15-18)27-13-12-23-17-27/h3-13,15-17H,2,14H2,1H3,(H,24,25). The van der Waals surface area contributed by atoms with E-state index >= 15 is 0 Å². The second-order valence-electron chi connectivity index (χ2n) is 6.73. The number of benzene rings is 1. The van der Waals surface area contributed by atoms with Crippen LogP contribution in [-0.2, 0) is 16.6 Å². The Morgan fingerprint density at radius 3 is 2.45 bits per heavy atom. The number of aromatic nitrogens is 4. The topological polar surface area (TPSA) is 93.0 Å². The molecule has 1 aromatic carbocycles. The number of anilines is 2. The zero-order chi connectivity index (χ0) is 21.7. The van der Waals surface area contributed by atoms with Gasteiger partial charge in [0.1, 0.15) is 22.9 Å². The van der Waals surface area contributed by atoms with Crippen molar-refractivity contribution in [1.29, 1.82) is 0 Å². The van der Waals surface area contributed by atoms with E-state index in [-0.39, 0.29) is 4.90 Å². The van der Waals surface area contributed by atoms with E-state index in [1.807, 2.05) is 41.1 Å². The maximum absolute atomic E-state index is 13.0. The van der Waals surface area contributed by atoms with Crippen LogP contribution in [0.15, 0.2) is 90.6 Å². The fourth-order valence-electron chi connectivity index (χ4n) is 3.11. The molecule has 4 rings (SSSR count). The Kier molecular flexibility index (Phi) is 5.94. The van der Waals surface area contributed by atoms with Crippen LogP contribution in [0.25, 0.3) is 5.82 Å². The fraction of sp³-hybridized carbons (Fsp3) is 0.136. The lowest BCUT2D eigenvalue weighted by molar-refractivity contribution is 0.591. The molecule has 4 aromatic rings. The molecule has 0 amide bonds. The highest BCUT2D eigenvalue weighted by atomic mass is 32.2. The predicted molar refractivity (Wildman–Crippen MR) is 120 cm³/mol. The van der Waals surface area contributed by atoms with E-state index in [1.165, 1.54) is 10.5 Å². The Morgan fingerprint density at radius 1 is 1.00 bits per heavy atom. The van der Waals surface area contributed by atoms with E-state index in [0.29, 0.717) is 24.6 Å². The van der Waals surface area contributed by atoms with Gasteiger partial charge in [-0.15, -0.1) is 0 Å². The Hall–Kier alpha value is -3.72. The van der Waals surface area contributed by atoms with Gasteiger partial charge >= 0.3 is 0 Å². The van der Waals surface area contributed by atoms with Crippen LogP contribution in [0, 0.1) is 0 Å². The second kappa shape index (κ2) is 8.97. The van der Waals surface area contributed by atoms with Gasteiger partial charge in [0.05, 0.1) is 5.69 Å². The molecule has 9 heteroatoms. The molecule has 3 aromatic heterocycles. The zero-order valence-electron chi connectivity index (χ0n) is 17.0. The van der Waals surface area contributed by atoms with Crippen LogP contribution in [-0.4, -0.2) is 34.5 Å². The predicted octanol–water partition coefficient (Wildman–Crippen LogP) is 3.49. The summed E-state index contributed by atoms with van der Waals surface area (Å²) in [5.41, 5.74) is 1.60. The molecular weight excluding hydrogens is 412 g/mol. The maximum Gasteiger partial charge on any atom is 0.265 e.